The highest BCUT2D eigenvalue weighted by Crippen LogP contribution is 2.15. The predicted molar refractivity (Wildman–Crippen MR) is 85.9 cm³/mol. The van der Waals surface area contributed by atoms with Crippen molar-refractivity contribution < 1.29 is 0 Å². The Balaban J connectivity index is 1.95. The molecule has 1 heterocycles. The number of nitrogens with zero attached hydrogens (tertiary/aromatic N) is 3. The molecule has 0 saturated carbocycles. The number of aromatic nitrogens is 3. The number of anilines is 1. The molecule has 4 nitrogen and oxygen atoms in total. The zero-order valence-corrected chi connectivity index (χ0v) is 11.8. The largest absolute Gasteiger partial charge is 0.399 e. The minimum Gasteiger partial charge on any atom is -0.399 e. The van der Waals surface area contributed by atoms with Gasteiger partial charge in [0, 0.05) is 11.4 Å². The lowest BCUT2D eigenvalue weighted by Gasteiger charge is -2.05. The maximum atomic E-state index is 5.69. The molecule has 0 saturated heterocycles. The Morgan fingerprint density at radius 1 is 0.905 bits per heavy atom. The first-order chi connectivity index (χ1) is 10.2. The summed E-state index contributed by atoms with van der Waals surface area (Å²) in [7, 11) is 0. The van der Waals surface area contributed by atoms with Gasteiger partial charge in [-0.2, -0.15) is 0 Å². The topological polar surface area (TPSA) is 56.7 Å². The van der Waals surface area contributed by atoms with Crippen LogP contribution < -0.4 is 5.73 Å². The summed E-state index contributed by atoms with van der Waals surface area (Å²) in [6.07, 6.45) is 3.96. The third-order valence-corrected chi connectivity index (χ3v) is 3.23. The molecule has 0 aliphatic rings. The highest BCUT2D eigenvalue weighted by Gasteiger charge is 2.07. The lowest BCUT2D eigenvalue weighted by molar-refractivity contribution is 0.964. The summed E-state index contributed by atoms with van der Waals surface area (Å²) >= 11 is 0. The van der Waals surface area contributed by atoms with Crippen LogP contribution in [-0.2, 0) is 0 Å². The van der Waals surface area contributed by atoms with Crippen molar-refractivity contribution in [1.82, 2.24) is 14.8 Å². The molecule has 0 radical (unpaired) electrons. The fraction of sp³-hybridized carbons (Fsp3) is 0.0588. The van der Waals surface area contributed by atoms with Crippen molar-refractivity contribution in [2.75, 3.05) is 5.73 Å². The van der Waals surface area contributed by atoms with Crippen molar-refractivity contribution in [1.29, 1.82) is 0 Å². The fourth-order valence-electron chi connectivity index (χ4n) is 2.16. The number of rotatable bonds is 3. The zero-order valence-electron chi connectivity index (χ0n) is 11.8. The van der Waals surface area contributed by atoms with Crippen LogP contribution in [0.1, 0.15) is 17.2 Å². The number of aryl methyl sites for hydroxylation is 1. The van der Waals surface area contributed by atoms with Gasteiger partial charge in [-0.15, -0.1) is 10.2 Å². The normalized spacial score (nSPS) is 11.1. The van der Waals surface area contributed by atoms with Gasteiger partial charge < -0.3 is 5.73 Å². The quantitative estimate of drug-likeness (QED) is 0.746. The summed E-state index contributed by atoms with van der Waals surface area (Å²) in [5.74, 6) is 1.66. The van der Waals surface area contributed by atoms with Gasteiger partial charge in [-0.3, -0.25) is 4.57 Å². The van der Waals surface area contributed by atoms with Crippen LogP contribution in [0.15, 0.2) is 54.6 Å². The molecule has 0 fully saturated rings. The van der Waals surface area contributed by atoms with Crippen LogP contribution in [0.5, 0.6) is 0 Å². The molecular formula is C17H16N4. The first-order valence-electron chi connectivity index (χ1n) is 6.75. The summed E-state index contributed by atoms with van der Waals surface area (Å²) in [5.41, 5.74) is 8.57. The summed E-state index contributed by atoms with van der Waals surface area (Å²) in [4.78, 5) is 0. The van der Waals surface area contributed by atoms with Gasteiger partial charge in [-0.25, -0.2) is 0 Å². The first-order valence-corrected chi connectivity index (χ1v) is 6.75. The minimum atomic E-state index is 0.760. The van der Waals surface area contributed by atoms with E-state index in [0.29, 0.717) is 0 Å². The zero-order chi connectivity index (χ0) is 14.7. The average Bonchev–Trinajstić information content (AvgIpc) is 2.88. The monoisotopic (exact) mass is 276 g/mol. The molecule has 3 rings (SSSR count). The molecule has 4 heteroatoms. The standard InChI is InChI=1S/C17H16N4/c1-13-19-20-17(21(13)16-5-3-2-4-6-16)12-9-14-7-10-15(18)11-8-14/h2-12H,18H2,1H3/b12-9+. The van der Waals surface area contributed by atoms with Gasteiger partial charge in [0.05, 0.1) is 0 Å². The second-order valence-electron chi connectivity index (χ2n) is 4.78. The van der Waals surface area contributed by atoms with Gasteiger partial charge in [-0.1, -0.05) is 36.4 Å². The van der Waals surface area contributed by atoms with Gasteiger partial charge in [0.25, 0.3) is 0 Å². The number of hydrogen-bond donors (Lipinski definition) is 1. The number of nitrogens with two attached hydrogens (primary N) is 1. The number of benzene rings is 2. The van der Waals surface area contributed by atoms with Crippen LogP contribution in [-0.4, -0.2) is 14.8 Å². The van der Waals surface area contributed by atoms with Crippen molar-refractivity contribution in [3.63, 3.8) is 0 Å². The van der Waals surface area contributed by atoms with Crippen LogP contribution in [0.25, 0.3) is 17.8 Å². The Kier molecular flexibility index (Phi) is 3.51. The van der Waals surface area contributed by atoms with E-state index in [1.54, 1.807) is 0 Å². The molecule has 0 aliphatic carbocycles. The number of nitrogen functional groups attached to an aromatic ring is 1. The molecule has 2 aromatic carbocycles. The van der Waals surface area contributed by atoms with Crippen LogP contribution in [0.2, 0.25) is 0 Å². The molecule has 21 heavy (non-hydrogen) atoms. The third-order valence-electron chi connectivity index (χ3n) is 3.23. The summed E-state index contributed by atoms with van der Waals surface area (Å²) in [5, 5.41) is 8.39. The van der Waals surface area contributed by atoms with Crippen molar-refractivity contribution in [2.24, 2.45) is 0 Å². The van der Waals surface area contributed by atoms with Gasteiger partial charge in [0.1, 0.15) is 5.82 Å². The second kappa shape index (κ2) is 5.63. The highest BCUT2D eigenvalue weighted by atomic mass is 15.3. The average molecular weight is 276 g/mol. The molecule has 0 aliphatic heterocycles. The smallest absolute Gasteiger partial charge is 0.161 e. The van der Waals surface area contributed by atoms with E-state index in [9.17, 15) is 0 Å². The molecule has 0 spiro atoms. The maximum absolute atomic E-state index is 5.69. The van der Waals surface area contributed by atoms with Crippen LogP contribution >= 0.6 is 0 Å². The summed E-state index contributed by atoms with van der Waals surface area (Å²) in [6.45, 7) is 1.94. The number of hydrogen-bond acceptors (Lipinski definition) is 3. The van der Waals surface area contributed by atoms with Crippen LogP contribution in [0.3, 0.4) is 0 Å². The molecule has 3 aromatic rings. The Morgan fingerprint density at radius 3 is 2.33 bits per heavy atom. The van der Waals surface area contributed by atoms with Crippen LogP contribution in [0, 0.1) is 6.92 Å². The SMILES string of the molecule is Cc1nnc(/C=C/c2ccc(N)cc2)n1-c1ccccc1. The minimum absolute atomic E-state index is 0.760. The molecule has 104 valence electrons. The fourth-order valence-corrected chi connectivity index (χ4v) is 2.16. The Hall–Kier alpha value is -2.88. The molecule has 0 atom stereocenters. The van der Waals surface area contributed by atoms with Crippen molar-refractivity contribution in [3.05, 3.63) is 71.8 Å². The Labute approximate surface area is 123 Å². The summed E-state index contributed by atoms with van der Waals surface area (Å²) < 4.78 is 2.02. The van der Waals surface area contributed by atoms with Crippen LogP contribution in [0.4, 0.5) is 5.69 Å². The highest BCUT2D eigenvalue weighted by molar-refractivity contribution is 5.68. The maximum Gasteiger partial charge on any atom is 0.161 e. The van der Waals surface area contributed by atoms with E-state index < -0.39 is 0 Å². The van der Waals surface area contributed by atoms with E-state index in [1.807, 2.05) is 78.2 Å². The lowest BCUT2D eigenvalue weighted by atomic mass is 10.2. The molecular weight excluding hydrogens is 260 g/mol. The Bertz CT molecular complexity index is 755. The van der Waals surface area contributed by atoms with E-state index in [0.717, 1.165) is 28.6 Å². The number of para-hydroxylation sites is 1. The van der Waals surface area contributed by atoms with Gasteiger partial charge in [0.15, 0.2) is 5.82 Å². The Morgan fingerprint density at radius 2 is 1.62 bits per heavy atom. The molecule has 0 unspecified atom stereocenters. The lowest BCUT2D eigenvalue weighted by Crippen LogP contribution is -1.99. The molecule has 1 aromatic heterocycles. The van der Waals surface area contributed by atoms with E-state index in [1.165, 1.54) is 0 Å². The van der Waals surface area contributed by atoms with Crippen molar-refractivity contribution in [2.45, 2.75) is 6.92 Å². The van der Waals surface area contributed by atoms with E-state index in [4.69, 9.17) is 5.73 Å². The van der Waals surface area contributed by atoms with E-state index in [2.05, 4.69) is 10.2 Å². The molecule has 0 amide bonds. The van der Waals surface area contributed by atoms with Crippen molar-refractivity contribution >= 4 is 17.8 Å². The molecule has 0 bridgehead atoms. The second-order valence-corrected chi connectivity index (χ2v) is 4.78. The van der Waals surface area contributed by atoms with Gasteiger partial charge >= 0.3 is 0 Å². The first kappa shape index (κ1) is 13.1. The van der Waals surface area contributed by atoms with E-state index >= 15 is 0 Å². The summed E-state index contributed by atoms with van der Waals surface area (Å²) in [6, 6.07) is 17.8. The predicted octanol–water partition coefficient (Wildman–Crippen LogP) is 3.33. The van der Waals surface area contributed by atoms with Gasteiger partial charge in [-0.05, 0) is 42.8 Å². The van der Waals surface area contributed by atoms with Crippen molar-refractivity contribution in [3.8, 4) is 5.69 Å². The molecule has 2 N–H and O–H groups in total. The third kappa shape index (κ3) is 2.84. The van der Waals surface area contributed by atoms with Gasteiger partial charge in [0.2, 0.25) is 0 Å². The van der Waals surface area contributed by atoms with E-state index in [-0.39, 0.29) is 0 Å².